The molecule has 0 radical (unpaired) electrons. The lowest BCUT2D eigenvalue weighted by atomic mass is 10.1. The number of esters is 1. The number of halogens is 8. The summed E-state index contributed by atoms with van der Waals surface area (Å²) in [5, 5.41) is 0. The van der Waals surface area contributed by atoms with Gasteiger partial charge in [-0.1, -0.05) is 0 Å². The zero-order chi connectivity index (χ0) is 14.8. The van der Waals surface area contributed by atoms with Gasteiger partial charge in [0.25, 0.3) is 0 Å². The van der Waals surface area contributed by atoms with Crippen LogP contribution in [0.1, 0.15) is 6.92 Å². The monoisotopic (exact) mass is 286 g/mol. The molecule has 0 N–H and O–H groups in total. The van der Waals surface area contributed by atoms with Gasteiger partial charge in [0.1, 0.15) is 0 Å². The van der Waals surface area contributed by atoms with Crippen molar-refractivity contribution < 1.29 is 44.7 Å². The molecular weight excluding hydrogens is 280 g/mol. The molecule has 0 unspecified atom stereocenters. The minimum absolute atomic E-state index is 0.471. The molecule has 0 saturated heterocycles. The van der Waals surface area contributed by atoms with Crippen molar-refractivity contribution in [1.82, 2.24) is 0 Å². The normalized spacial score (nSPS) is 14.6. The summed E-state index contributed by atoms with van der Waals surface area (Å²) in [6, 6.07) is 0. The Hall–Kier alpha value is -1.35. The highest BCUT2D eigenvalue weighted by Gasteiger charge is 2.72. The van der Waals surface area contributed by atoms with Crippen molar-refractivity contribution in [2.75, 3.05) is 6.61 Å². The lowest BCUT2D eigenvalue weighted by molar-refractivity contribution is -0.342. The van der Waals surface area contributed by atoms with Gasteiger partial charge in [-0.25, -0.2) is 4.79 Å². The van der Waals surface area contributed by atoms with E-state index in [0.29, 0.717) is 0 Å². The van der Waals surface area contributed by atoms with Crippen LogP contribution in [0.25, 0.3) is 0 Å². The van der Waals surface area contributed by atoms with Crippen LogP contribution in [0.15, 0.2) is 11.9 Å². The third-order valence-electron chi connectivity index (χ3n) is 1.55. The van der Waals surface area contributed by atoms with Gasteiger partial charge in [-0.3, -0.25) is 0 Å². The smallest absolute Gasteiger partial charge is 0.460 e. The Bertz CT molecular complexity index is 343. The number of hydrogen-bond donors (Lipinski definition) is 0. The van der Waals surface area contributed by atoms with Crippen molar-refractivity contribution in [2.24, 2.45) is 0 Å². The second-order valence-corrected chi connectivity index (χ2v) is 2.91. The van der Waals surface area contributed by atoms with Crippen LogP contribution < -0.4 is 0 Å². The molecule has 0 atom stereocenters. The fraction of sp³-hybridized carbons (Fsp3) is 0.625. The predicted molar refractivity (Wildman–Crippen MR) is 41.8 cm³/mol. The van der Waals surface area contributed by atoms with Crippen LogP contribution in [0.3, 0.4) is 0 Å². The first-order chi connectivity index (χ1) is 7.87. The maximum atomic E-state index is 12.6. The zero-order valence-corrected chi connectivity index (χ0v) is 8.62. The van der Waals surface area contributed by atoms with Crippen molar-refractivity contribution in [1.29, 1.82) is 0 Å². The Morgan fingerprint density at radius 3 is 1.89 bits per heavy atom. The summed E-state index contributed by atoms with van der Waals surface area (Å²) in [6.45, 7) is 0.676. The second kappa shape index (κ2) is 5.11. The first-order valence-corrected chi connectivity index (χ1v) is 4.24. The minimum atomic E-state index is -6.60. The highest BCUT2D eigenvalue weighted by atomic mass is 19.4. The van der Waals surface area contributed by atoms with Gasteiger partial charge in [-0.05, 0) is 6.92 Å². The average Bonchev–Trinajstić information content (AvgIpc) is 2.15. The van der Waals surface area contributed by atoms with Crippen LogP contribution in [-0.4, -0.2) is 30.6 Å². The number of carbonyl (C=O) groups excluding carboxylic acids is 1. The van der Waals surface area contributed by atoms with E-state index in [1.54, 1.807) is 0 Å². The van der Waals surface area contributed by atoms with Crippen LogP contribution >= 0.6 is 0 Å². The summed E-state index contributed by atoms with van der Waals surface area (Å²) in [5.74, 6) is -17.0. The van der Waals surface area contributed by atoms with Gasteiger partial charge in [0, 0.05) is 6.08 Å². The molecule has 0 aliphatic rings. The standard InChI is InChI=1S/C8H6F8O2/c1-2-18-5(17)4(9)3-6(10,11)7(12,13)8(14,15)16/h3H,2H2,1H3/b4-3-. The van der Waals surface area contributed by atoms with E-state index in [9.17, 15) is 39.9 Å². The molecular formula is C8H6F8O2. The molecule has 0 fully saturated rings. The summed E-state index contributed by atoms with van der Waals surface area (Å²) >= 11 is 0. The minimum Gasteiger partial charge on any atom is -0.461 e. The molecule has 10 heteroatoms. The Kier molecular flexibility index (Phi) is 4.72. The maximum Gasteiger partial charge on any atom is 0.460 e. The molecule has 0 aromatic rings. The number of allylic oxidation sites excluding steroid dienone is 1. The maximum absolute atomic E-state index is 12.6. The topological polar surface area (TPSA) is 26.3 Å². The third kappa shape index (κ3) is 3.33. The number of carbonyl (C=O) groups is 1. The van der Waals surface area contributed by atoms with E-state index >= 15 is 0 Å². The summed E-state index contributed by atoms with van der Waals surface area (Å²) < 4.78 is 101. The van der Waals surface area contributed by atoms with Crippen molar-refractivity contribution >= 4 is 5.97 Å². The SMILES string of the molecule is CCOC(=O)/C(F)=C/C(F)(F)C(F)(F)C(F)(F)F. The molecule has 0 spiro atoms. The third-order valence-corrected chi connectivity index (χ3v) is 1.55. The van der Waals surface area contributed by atoms with E-state index in [4.69, 9.17) is 0 Å². The molecule has 106 valence electrons. The van der Waals surface area contributed by atoms with Crippen molar-refractivity contribution in [3.05, 3.63) is 11.9 Å². The molecule has 0 saturated carbocycles. The quantitative estimate of drug-likeness (QED) is 0.450. The van der Waals surface area contributed by atoms with Crippen molar-refractivity contribution in [2.45, 2.75) is 24.9 Å². The van der Waals surface area contributed by atoms with Crippen LogP contribution in [0, 0.1) is 0 Å². The van der Waals surface area contributed by atoms with Gasteiger partial charge >= 0.3 is 24.0 Å². The molecule has 0 amide bonds. The van der Waals surface area contributed by atoms with Crippen molar-refractivity contribution in [3.8, 4) is 0 Å². The lowest BCUT2D eigenvalue weighted by Gasteiger charge is -2.25. The van der Waals surface area contributed by atoms with Gasteiger partial charge in [0.05, 0.1) is 6.61 Å². The first-order valence-electron chi connectivity index (χ1n) is 4.24. The van der Waals surface area contributed by atoms with E-state index in [1.807, 2.05) is 0 Å². The molecule has 18 heavy (non-hydrogen) atoms. The van der Waals surface area contributed by atoms with Crippen molar-refractivity contribution in [3.63, 3.8) is 0 Å². The molecule has 0 aliphatic heterocycles. The van der Waals surface area contributed by atoms with Crippen LogP contribution in [0.2, 0.25) is 0 Å². The number of ether oxygens (including phenoxy) is 1. The van der Waals surface area contributed by atoms with E-state index < -0.39 is 42.5 Å². The van der Waals surface area contributed by atoms with Crippen LogP contribution in [0.4, 0.5) is 35.1 Å². The van der Waals surface area contributed by atoms with Gasteiger partial charge in [0.15, 0.2) is 0 Å². The Balaban J connectivity index is 5.29. The Labute approximate surface area is 95.2 Å². The highest BCUT2D eigenvalue weighted by molar-refractivity contribution is 5.86. The summed E-state index contributed by atoms with van der Waals surface area (Å²) in [5.41, 5.74) is 0. The van der Waals surface area contributed by atoms with Gasteiger partial charge in [-0.2, -0.15) is 35.1 Å². The largest absolute Gasteiger partial charge is 0.461 e. The van der Waals surface area contributed by atoms with Crippen LogP contribution in [0.5, 0.6) is 0 Å². The molecule has 0 bridgehead atoms. The van der Waals surface area contributed by atoms with E-state index in [1.165, 1.54) is 0 Å². The fourth-order valence-electron chi connectivity index (χ4n) is 0.698. The Morgan fingerprint density at radius 1 is 1.11 bits per heavy atom. The summed E-state index contributed by atoms with van der Waals surface area (Å²) in [6.07, 6.45) is -8.01. The van der Waals surface area contributed by atoms with Gasteiger partial charge < -0.3 is 4.74 Å². The lowest BCUT2D eigenvalue weighted by Crippen LogP contribution is -2.51. The molecule has 0 rings (SSSR count). The van der Waals surface area contributed by atoms with E-state index in [0.717, 1.165) is 6.92 Å². The zero-order valence-electron chi connectivity index (χ0n) is 8.62. The highest BCUT2D eigenvalue weighted by Crippen LogP contribution is 2.47. The number of hydrogen-bond acceptors (Lipinski definition) is 2. The predicted octanol–water partition coefficient (Wildman–Crippen LogP) is 3.24. The van der Waals surface area contributed by atoms with Gasteiger partial charge in [0.2, 0.25) is 5.83 Å². The fourth-order valence-corrected chi connectivity index (χ4v) is 0.698. The molecule has 0 heterocycles. The number of rotatable bonds is 4. The number of alkyl halides is 7. The summed E-state index contributed by atoms with van der Waals surface area (Å²) in [7, 11) is 0. The second-order valence-electron chi connectivity index (χ2n) is 2.91. The molecule has 2 nitrogen and oxygen atoms in total. The molecule has 0 aliphatic carbocycles. The summed E-state index contributed by atoms with van der Waals surface area (Å²) in [4.78, 5) is 10.5. The average molecular weight is 286 g/mol. The van der Waals surface area contributed by atoms with E-state index in [-0.39, 0.29) is 0 Å². The molecule has 0 aromatic heterocycles. The van der Waals surface area contributed by atoms with Crippen LogP contribution in [-0.2, 0) is 9.53 Å². The van der Waals surface area contributed by atoms with Gasteiger partial charge in [-0.15, -0.1) is 0 Å². The Morgan fingerprint density at radius 2 is 1.56 bits per heavy atom. The first kappa shape index (κ1) is 16.6. The van der Waals surface area contributed by atoms with E-state index in [2.05, 4.69) is 4.74 Å². The molecule has 0 aromatic carbocycles.